The van der Waals surface area contributed by atoms with Gasteiger partial charge in [-0.3, -0.25) is 14.9 Å². The Morgan fingerprint density at radius 2 is 2.27 bits per heavy atom. The minimum atomic E-state index is -0.394. The monoisotopic (exact) mass is 427 g/mol. The van der Waals surface area contributed by atoms with E-state index in [0.29, 0.717) is 42.6 Å². The maximum absolute atomic E-state index is 13.0. The first-order chi connectivity index (χ1) is 14.6. The summed E-state index contributed by atoms with van der Waals surface area (Å²) in [5, 5.41) is 4.24. The number of amides is 2. The van der Waals surface area contributed by atoms with Crippen molar-refractivity contribution in [1.29, 1.82) is 0 Å². The van der Waals surface area contributed by atoms with Crippen molar-refractivity contribution in [2.45, 2.75) is 31.9 Å². The number of nitrogens with one attached hydrogen (secondary N) is 1. The topological polar surface area (TPSA) is 93.9 Å². The zero-order valence-corrected chi connectivity index (χ0v) is 17.3. The highest BCUT2D eigenvalue weighted by Gasteiger charge is 2.29. The number of methoxy groups -OCH3 is 1. The Bertz CT molecular complexity index is 1120. The van der Waals surface area contributed by atoms with Crippen LogP contribution in [0.3, 0.4) is 0 Å². The van der Waals surface area contributed by atoms with E-state index in [0.717, 1.165) is 28.8 Å². The van der Waals surface area contributed by atoms with Gasteiger partial charge in [-0.2, -0.15) is 0 Å². The number of rotatable bonds is 4. The molecule has 5 rings (SSSR count). The Kier molecular flexibility index (Phi) is 4.92. The number of fused-ring (bicyclic) bond motifs is 2. The van der Waals surface area contributed by atoms with E-state index in [4.69, 9.17) is 13.9 Å². The van der Waals surface area contributed by atoms with Crippen LogP contribution in [0.15, 0.2) is 28.7 Å². The molecule has 0 bridgehead atoms. The molecule has 9 heteroatoms. The van der Waals surface area contributed by atoms with Gasteiger partial charge in [0.05, 0.1) is 19.3 Å². The van der Waals surface area contributed by atoms with Gasteiger partial charge in [0, 0.05) is 29.8 Å². The number of benzene rings is 1. The summed E-state index contributed by atoms with van der Waals surface area (Å²) in [6.07, 6.45) is 1.88. The summed E-state index contributed by atoms with van der Waals surface area (Å²) >= 11 is 1.41. The van der Waals surface area contributed by atoms with Gasteiger partial charge >= 0.3 is 0 Å². The van der Waals surface area contributed by atoms with Crippen molar-refractivity contribution < 1.29 is 23.5 Å². The molecule has 0 unspecified atom stereocenters. The fraction of sp³-hybridized carbons (Fsp3) is 0.381. The molecule has 1 N–H and O–H groups in total. The predicted molar refractivity (Wildman–Crippen MR) is 111 cm³/mol. The van der Waals surface area contributed by atoms with Crippen molar-refractivity contribution in [3.8, 4) is 5.75 Å². The third-order valence-corrected chi connectivity index (χ3v) is 6.41. The average molecular weight is 427 g/mol. The van der Waals surface area contributed by atoms with Gasteiger partial charge in [0.25, 0.3) is 11.8 Å². The van der Waals surface area contributed by atoms with Crippen molar-refractivity contribution in [1.82, 2.24) is 9.88 Å². The lowest BCUT2D eigenvalue weighted by molar-refractivity contribution is -0.124. The zero-order valence-electron chi connectivity index (χ0n) is 16.5. The van der Waals surface area contributed by atoms with Gasteiger partial charge in [-0.1, -0.05) is 23.5 Å². The van der Waals surface area contributed by atoms with E-state index in [-0.39, 0.29) is 17.6 Å². The summed E-state index contributed by atoms with van der Waals surface area (Å²) in [6, 6.07) is 7.30. The lowest BCUT2D eigenvalue weighted by atomic mass is 10.1. The van der Waals surface area contributed by atoms with E-state index in [1.807, 2.05) is 12.1 Å². The molecule has 1 atom stereocenters. The third kappa shape index (κ3) is 3.44. The molecule has 30 heavy (non-hydrogen) atoms. The molecule has 2 aliphatic rings. The zero-order chi connectivity index (χ0) is 20.7. The van der Waals surface area contributed by atoms with Crippen LogP contribution < -0.4 is 10.1 Å². The first-order valence-electron chi connectivity index (χ1n) is 9.89. The number of hydrogen-bond acceptors (Lipinski definition) is 7. The average Bonchev–Trinajstić information content (AvgIpc) is 3.50. The van der Waals surface area contributed by atoms with Crippen LogP contribution in [0.5, 0.6) is 5.75 Å². The second-order valence-corrected chi connectivity index (χ2v) is 8.43. The van der Waals surface area contributed by atoms with E-state index in [2.05, 4.69) is 10.3 Å². The molecule has 0 spiro atoms. The van der Waals surface area contributed by atoms with Crippen molar-refractivity contribution in [2.24, 2.45) is 0 Å². The fourth-order valence-corrected chi connectivity index (χ4v) is 4.88. The Balaban J connectivity index is 1.31. The minimum absolute atomic E-state index is 0.150. The van der Waals surface area contributed by atoms with Crippen LogP contribution in [0.1, 0.15) is 34.0 Å². The number of aromatic nitrogens is 1. The van der Waals surface area contributed by atoms with E-state index in [9.17, 15) is 9.59 Å². The number of anilines is 1. The highest BCUT2D eigenvalue weighted by molar-refractivity contribution is 7.15. The molecule has 2 aromatic heterocycles. The van der Waals surface area contributed by atoms with Crippen LogP contribution in [0.25, 0.3) is 11.0 Å². The molecular formula is C21H21N3O5S. The molecular weight excluding hydrogens is 406 g/mol. The molecule has 1 fully saturated rings. The number of nitrogens with zero attached hydrogens (tertiary/aromatic N) is 2. The van der Waals surface area contributed by atoms with Crippen molar-refractivity contribution in [2.75, 3.05) is 25.6 Å². The van der Waals surface area contributed by atoms with Crippen LogP contribution >= 0.6 is 11.3 Å². The SMILES string of the molecule is COc1cccc2cc(C(=O)N3CCc4nc(NC(=O)[C@@H]5CCCO5)sc4C3)oc12. The van der Waals surface area contributed by atoms with E-state index in [1.54, 1.807) is 24.1 Å². The molecule has 0 saturated carbocycles. The van der Waals surface area contributed by atoms with Gasteiger partial charge in [-0.05, 0) is 25.0 Å². The molecule has 2 amide bonds. The number of furan rings is 1. The van der Waals surface area contributed by atoms with Gasteiger partial charge in [-0.15, -0.1) is 0 Å². The lowest BCUT2D eigenvalue weighted by Crippen LogP contribution is -2.35. The van der Waals surface area contributed by atoms with Crippen LogP contribution in [0.4, 0.5) is 5.13 Å². The maximum atomic E-state index is 13.0. The van der Waals surface area contributed by atoms with E-state index >= 15 is 0 Å². The Morgan fingerprint density at radius 1 is 1.37 bits per heavy atom. The Hall–Kier alpha value is -2.91. The maximum Gasteiger partial charge on any atom is 0.289 e. The van der Waals surface area contributed by atoms with E-state index in [1.165, 1.54) is 11.3 Å². The van der Waals surface area contributed by atoms with Gasteiger partial charge in [-0.25, -0.2) is 4.98 Å². The molecule has 0 aliphatic carbocycles. The molecule has 1 saturated heterocycles. The van der Waals surface area contributed by atoms with E-state index < -0.39 is 6.10 Å². The molecule has 4 heterocycles. The molecule has 156 valence electrons. The van der Waals surface area contributed by atoms with Crippen LogP contribution in [0, 0.1) is 0 Å². The quantitative estimate of drug-likeness (QED) is 0.687. The summed E-state index contributed by atoms with van der Waals surface area (Å²) in [5.74, 6) is 0.566. The number of ether oxygens (including phenoxy) is 2. The first kappa shape index (κ1) is 19.1. The fourth-order valence-electron chi connectivity index (χ4n) is 3.85. The number of carbonyl (C=O) groups excluding carboxylic acids is 2. The smallest absolute Gasteiger partial charge is 0.289 e. The van der Waals surface area contributed by atoms with Crippen molar-refractivity contribution in [3.63, 3.8) is 0 Å². The Morgan fingerprint density at radius 3 is 3.07 bits per heavy atom. The highest BCUT2D eigenvalue weighted by Crippen LogP contribution is 2.32. The summed E-state index contributed by atoms with van der Waals surface area (Å²) in [4.78, 5) is 32.6. The normalized spacial score (nSPS) is 18.4. The summed E-state index contributed by atoms with van der Waals surface area (Å²) < 4.78 is 16.5. The molecule has 1 aromatic carbocycles. The number of carbonyl (C=O) groups is 2. The lowest BCUT2D eigenvalue weighted by Gasteiger charge is -2.25. The van der Waals surface area contributed by atoms with Crippen LogP contribution in [-0.2, 0) is 22.5 Å². The van der Waals surface area contributed by atoms with Crippen molar-refractivity contribution in [3.05, 3.63) is 40.6 Å². The number of thiazole rings is 1. The molecule has 0 radical (unpaired) electrons. The first-order valence-corrected chi connectivity index (χ1v) is 10.7. The highest BCUT2D eigenvalue weighted by atomic mass is 32.1. The van der Waals surface area contributed by atoms with Gasteiger partial charge in [0.1, 0.15) is 6.10 Å². The van der Waals surface area contributed by atoms with Crippen LogP contribution in [0.2, 0.25) is 0 Å². The van der Waals surface area contributed by atoms with Crippen LogP contribution in [-0.4, -0.2) is 48.1 Å². The standard InChI is InChI=1S/C21H21N3O5S/c1-27-14-5-2-4-12-10-16(29-18(12)14)20(26)24-8-7-13-17(11-24)30-21(22-13)23-19(25)15-6-3-9-28-15/h2,4-5,10,15H,3,6-9,11H2,1H3,(H,22,23,25)/t15-/m0/s1. The second kappa shape index (κ2) is 7.73. The van der Waals surface area contributed by atoms with Gasteiger partial charge in [0.2, 0.25) is 0 Å². The third-order valence-electron chi connectivity index (χ3n) is 5.41. The summed E-state index contributed by atoms with van der Waals surface area (Å²) in [7, 11) is 1.57. The molecule has 2 aliphatic heterocycles. The largest absolute Gasteiger partial charge is 0.493 e. The van der Waals surface area contributed by atoms with Gasteiger partial charge < -0.3 is 18.8 Å². The summed E-state index contributed by atoms with van der Waals surface area (Å²) in [6.45, 7) is 1.61. The second-order valence-electron chi connectivity index (χ2n) is 7.35. The van der Waals surface area contributed by atoms with Gasteiger partial charge in [0.15, 0.2) is 22.2 Å². The predicted octanol–water partition coefficient (Wildman–Crippen LogP) is 3.21. The Labute approximate surface area is 176 Å². The minimum Gasteiger partial charge on any atom is -0.493 e. The summed E-state index contributed by atoms with van der Waals surface area (Å²) in [5.41, 5.74) is 1.50. The molecule has 3 aromatic rings. The van der Waals surface area contributed by atoms with Crippen molar-refractivity contribution >= 4 is 39.3 Å². The number of hydrogen-bond donors (Lipinski definition) is 1. The molecule has 8 nitrogen and oxygen atoms in total. The number of para-hydroxylation sites is 1.